The Morgan fingerprint density at radius 1 is 1.20 bits per heavy atom. The van der Waals surface area contributed by atoms with Crippen molar-refractivity contribution in [1.82, 2.24) is 20.1 Å². The Labute approximate surface area is 119 Å². The van der Waals surface area contributed by atoms with E-state index in [4.69, 9.17) is 0 Å². The normalized spacial score (nSPS) is 13.9. The number of thioether (sulfide) groups is 1. The third kappa shape index (κ3) is 2.20. The second-order valence-electron chi connectivity index (χ2n) is 4.36. The van der Waals surface area contributed by atoms with E-state index >= 15 is 0 Å². The lowest BCUT2D eigenvalue weighted by Crippen LogP contribution is -2.31. The summed E-state index contributed by atoms with van der Waals surface area (Å²) in [6.45, 7) is 2.17. The monoisotopic (exact) mass is 288 g/mol. The highest BCUT2D eigenvalue weighted by atomic mass is 32.2. The number of hydrogen-bond acceptors (Lipinski definition) is 5. The van der Waals surface area contributed by atoms with Gasteiger partial charge in [0.1, 0.15) is 5.82 Å². The first-order valence-electron chi connectivity index (χ1n) is 6.14. The molecule has 0 unspecified atom stereocenters. The molecule has 102 valence electrons. The molecule has 0 bridgehead atoms. The first-order valence-corrected chi connectivity index (χ1v) is 7.12. The largest absolute Gasteiger partial charge is 0.273 e. The van der Waals surface area contributed by atoms with Crippen molar-refractivity contribution in [3.8, 4) is 0 Å². The average Bonchev–Trinajstić information content (AvgIpc) is 2.97. The van der Waals surface area contributed by atoms with Crippen LogP contribution in [0.1, 0.15) is 26.5 Å². The number of fused-ring (bicyclic) bond motifs is 1. The van der Waals surface area contributed by atoms with Gasteiger partial charge in [0.05, 0.1) is 11.1 Å². The van der Waals surface area contributed by atoms with Crippen LogP contribution in [0.15, 0.2) is 29.4 Å². The van der Waals surface area contributed by atoms with Crippen LogP contribution in [-0.2, 0) is 0 Å². The number of H-pyrrole nitrogens is 1. The van der Waals surface area contributed by atoms with Crippen LogP contribution in [-0.4, -0.2) is 44.2 Å². The molecule has 1 aromatic carbocycles. The number of hydrogen-bond donors (Lipinski definition) is 1. The van der Waals surface area contributed by atoms with Gasteiger partial charge in [-0.1, -0.05) is 23.9 Å². The van der Waals surface area contributed by atoms with Crippen molar-refractivity contribution in [3.05, 3.63) is 41.2 Å². The van der Waals surface area contributed by atoms with Crippen LogP contribution in [0.25, 0.3) is 0 Å². The van der Waals surface area contributed by atoms with Crippen molar-refractivity contribution in [2.45, 2.75) is 12.1 Å². The summed E-state index contributed by atoms with van der Waals surface area (Å²) in [5.74, 6) is 0.867. The minimum Gasteiger partial charge on any atom is -0.273 e. The Bertz CT molecular complexity index is 648. The number of imide groups is 1. The highest BCUT2D eigenvalue weighted by Gasteiger charge is 2.34. The number of aryl methyl sites for hydroxylation is 1. The van der Waals surface area contributed by atoms with Crippen LogP contribution in [0.3, 0.4) is 0 Å². The zero-order chi connectivity index (χ0) is 14.1. The van der Waals surface area contributed by atoms with Crippen LogP contribution < -0.4 is 0 Å². The number of carbonyl (C=O) groups is 2. The Morgan fingerprint density at radius 2 is 1.85 bits per heavy atom. The SMILES string of the molecule is Cc1nc(SCCN2C(=O)c3ccccc3C2=O)n[nH]1. The minimum atomic E-state index is -0.225. The molecule has 2 heterocycles. The smallest absolute Gasteiger partial charge is 0.261 e. The molecule has 2 aromatic rings. The summed E-state index contributed by atoms with van der Waals surface area (Å²) in [5.41, 5.74) is 0.965. The molecule has 1 aliphatic heterocycles. The van der Waals surface area contributed by atoms with Gasteiger partial charge in [-0.15, -0.1) is 5.10 Å². The Morgan fingerprint density at radius 3 is 2.40 bits per heavy atom. The van der Waals surface area contributed by atoms with Gasteiger partial charge in [-0.2, -0.15) is 0 Å². The molecule has 1 aliphatic rings. The first-order chi connectivity index (χ1) is 9.66. The predicted molar refractivity (Wildman–Crippen MR) is 73.7 cm³/mol. The molecule has 0 atom stereocenters. The highest BCUT2D eigenvalue weighted by molar-refractivity contribution is 7.99. The van der Waals surface area contributed by atoms with Gasteiger partial charge in [-0.05, 0) is 19.1 Å². The second kappa shape index (κ2) is 5.09. The zero-order valence-corrected chi connectivity index (χ0v) is 11.6. The summed E-state index contributed by atoms with van der Waals surface area (Å²) in [6.07, 6.45) is 0. The van der Waals surface area contributed by atoms with Crippen molar-refractivity contribution in [2.75, 3.05) is 12.3 Å². The fourth-order valence-electron chi connectivity index (χ4n) is 2.06. The van der Waals surface area contributed by atoms with E-state index in [0.29, 0.717) is 28.6 Å². The standard InChI is InChI=1S/C13H12N4O2S/c1-8-14-13(16-15-8)20-7-6-17-11(18)9-4-2-3-5-10(9)12(17)19/h2-5H,6-7H2,1H3,(H,14,15,16). The average molecular weight is 288 g/mol. The molecule has 0 fully saturated rings. The van der Waals surface area contributed by atoms with Crippen LogP contribution in [0.2, 0.25) is 0 Å². The van der Waals surface area contributed by atoms with E-state index in [-0.39, 0.29) is 11.8 Å². The molecule has 3 rings (SSSR count). The summed E-state index contributed by atoms with van der Waals surface area (Å²) >= 11 is 1.41. The van der Waals surface area contributed by atoms with Crippen LogP contribution in [0, 0.1) is 6.92 Å². The van der Waals surface area contributed by atoms with Crippen LogP contribution >= 0.6 is 11.8 Å². The predicted octanol–water partition coefficient (Wildman–Crippen LogP) is 1.50. The number of nitrogens with one attached hydrogen (secondary N) is 1. The number of aromatic nitrogens is 3. The van der Waals surface area contributed by atoms with Crippen molar-refractivity contribution in [3.63, 3.8) is 0 Å². The number of aromatic amines is 1. The number of benzene rings is 1. The first kappa shape index (κ1) is 12.9. The molecule has 0 spiro atoms. The summed E-state index contributed by atoms with van der Waals surface area (Å²) < 4.78 is 0. The molecule has 7 heteroatoms. The molecule has 20 heavy (non-hydrogen) atoms. The molecule has 0 saturated carbocycles. The highest BCUT2D eigenvalue weighted by Crippen LogP contribution is 2.23. The van der Waals surface area contributed by atoms with Gasteiger partial charge >= 0.3 is 0 Å². The third-order valence-corrected chi connectivity index (χ3v) is 3.83. The topological polar surface area (TPSA) is 79.0 Å². The van der Waals surface area contributed by atoms with Crippen molar-refractivity contribution in [2.24, 2.45) is 0 Å². The molecule has 2 amide bonds. The lowest BCUT2D eigenvalue weighted by Gasteiger charge is -2.12. The molecule has 0 aliphatic carbocycles. The Hall–Kier alpha value is -2.15. The molecule has 1 aromatic heterocycles. The van der Waals surface area contributed by atoms with E-state index in [9.17, 15) is 9.59 Å². The van der Waals surface area contributed by atoms with Gasteiger partial charge in [-0.25, -0.2) is 4.98 Å². The summed E-state index contributed by atoms with van der Waals surface area (Å²) in [4.78, 5) is 29.7. The molecule has 0 saturated heterocycles. The lowest BCUT2D eigenvalue weighted by molar-refractivity contribution is 0.0664. The van der Waals surface area contributed by atoms with Crippen molar-refractivity contribution < 1.29 is 9.59 Å². The molecular weight excluding hydrogens is 276 g/mol. The maximum absolute atomic E-state index is 12.1. The fraction of sp³-hybridized carbons (Fsp3) is 0.231. The minimum absolute atomic E-state index is 0.225. The van der Waals surface area contributed by atoms with Gasteiger partial charge in [0.15, 0.2) is 0 Å². The van der Waals surface area contributed by atoms with Crippen LogP contribution in [0.4, 0.5) is 0 Å². The summed E-state index contributed by atoms with van der Waals surface area (Å²) in [7, 11) is 0. The third-order valence-electron chi connectivity index (χ3n) is 3.00. The van der Waals surface area contributed by atoms with E-state index < -0.39 is 0 Å². The van der Waals surface area contributed by atoms with Crippen LogP contribution in [0.5, 0.6) is 0 Å². The molecular formula is C13H12N4O2S. The van der Waals surface area contributed by atoms with E-state index in [1.165, 1.54) is 16.7 Å². The van der Waals surface area contributed by atoms with Crippen molar-refractivity contribution >= 4 is 23.6 Å². The van der Waals surface area contributed by atoms with E-state index in [1.807, 2.05) is 6.92 Å². The fourth-order valence-corrected chi connectivity index (χ4v) is 2.83. The van der Waals surface area contributed by atoms with Gasteiger partial charge < -0.3 is 0 Å². The van der Waals surface area contributed by atoms with E-state index in [0.717, 1.165) is 5.82 Å². The number of carbonyl (C=O) groups excluding carboxylic acids is 2. The number of amides is 2. The maximum Gasteiger partial charge on any atom is 0.261 e. The summed E-state index contributed by atoms with van der Waals surface area (Å²) in [6, 6.07) is 6.89. The molecule has 1 N–H and O–H groups in total. The lowest BCUT2D eigenvalue weighted by atomic mass is 10.1. The number of nitrogens with zero attached hydrogens (tertiary/aromatic N) is 3. The van der Waals surface area contributed by atoms with Crippen molar-refractivity contribution in [1.29, 1.82) is 0 Å². The van der Waals surface area contributed by atoms with Gasteiger partial charge in [0.2, 0.25) is 5.16 Å². The van der Waals surface area contributed by atoms with Gasteiger partial charge in [0.25, 0.3) is 11.8 Å². The Kier molecular flexibility index (Phi) is 3.27. The molecule has 0 radical (unpaired) electrons. The number of rotatable bonds is 4. The molecule has 6 nitrogen and oxygen atoms in total. The Balaban J connectivity index is 1.65. The van der Waals surface area contributed by atoms with E-state index in [2.05, 4.69) is 15.2 Å². The summed E-state index contributed by atoms with van der Waals surface area (Å²) in [5, 5.41) is 7.37. The van der Waals surface area contributed by atoms with E-state index in [1.54, 1.807) is 24.3 Å². The van der Waals surface area contributed by atoms with Gasteiger partial charge in [0, 0.05) is 12.3 Å². The maximum atomic E-state index is 12.1. The zero-order valence-electron chi connectivity index (χ0n) is 10.8. The quantitative estimate of drug-likeness (QED) is 0.681. The van der Waals surface area contributed by atoms with Gasteiger partial charge in [-0.3, -0.25) is 19.6 Å². The second-order valence-corrected chi connectivity index (χ2v) is 5.42.